The van der Waals surface area contributed by atoms with Gasteiger partial charge < -0.3 is 11.1 Å². The summed E-state index contributed by atoms with van der Waals surface area (Å²) in [6, 6.07) is 0.250. The van der Waals surface area contributed by atoms with Crippen molar-refractivity contribution in [3.8, 4) is 0 Å². The van der Waals surface area contributed by atoms with Crippen LogP contribution in [0.4, 0.5) is 5.95 Å². The van der Waals surface area contributed by atoms with E-state index in [4.69, 9.17) is 5.73 Å². The normalized spacial score (nSPS) is 20.6. The zero-order valence-electron chi connectivity index (χ0n) is 8.43. The van der Waals surface area contributed by atoms with E-state index in [1.54, 1.807) is 16.3 Å². The SMILES string of the molecule is Cn1c(N)nnc1SCC1CCC(=O)N1. The predicted molar refractivity (Wildman–Crippen MR) is 57.3 cm³/mol. The first-order valence-corrected chi connectivity index (χ1v) is 5.72. The van der Waals surface area contributed by atoms with E-state index in [1.807, 2.05) is 7.05 Å². The van der Waals surface area contributed by atoms with E-state index in [0.717, 1.165) is 17.3 Å². The van der Waals surface area contributed by atoms with Crippen molar-refractivity contribution in [1.82, 2.24) is 20.1 Å². The van der Waals surface area contributed by atoms with Gasteiger partial charge in [0.25, 0.3) is 0 Å². The maximum atomic E-state index is 11.0. The fourth-order valence-electron chi connectivity index (χ4n) is 1.43. The number of carbonyl (C=O) groups excluding carboxylic acids is 1. The van der Waals surface area contributed by atoms with Crippen LogP contribution in [0.25, 0.3) is 0 Å². The van der Waals surface area contributed by atoms with Crippen molar-refractivity contribution in [3.05, 3.63) is 0 Å². The van der Waals surface area contributed by atoms with Crippen molar-refractivity contribution in [2.24, 2.45) is 7.05 Å². The Kier molecular flexibility index (Phi) is 2.81. The molecular formula is C8H13N5OS. The summed E-state index contributed by atoms with van der Waals surface area (Å²) in [6.07, 6.45) is 1.53. The van der Waals surface area contributed by atoms with Crippen LogP contribution < -0.4 is 11.1 Å². The molecule has 1 aliphatic heterocycles. The number of anilines is 1. The van der Waals surface area contributed by atoms with E-state index in [0.29, 0.717) is 12.4 Å². The van der Waals surface area contributed by atoms with Gasteiger partial charge >= 0.3 is 0 Å². The van der Waals surface area contributed by atoms with Gasteiger partial charge in [0.15, 0.2) is 5.16 Å². The molecule has 7 heteroatoms. The van der Waals surface area contributed by atoms with Crippen molar-refractivity contribution < 1.29 is 4.79 Å². The summed E-state index contributed by atoms with van der Waals surface area (Å²) in [7, 11) is 1.82. The Morgan fingerprint density at radius 1 is 1.67 bits per heavy atom. The van der Waals surface area contributed by atoms with Gasteiger partial charge in [-0.1, -0.05) is 11.8 Å². The lowest BCUT2D eigenvalue weighted by Crippen LogP contribution is -2.27. The number of thioether (sulfide) groups is 1. The summed E-state index contributed by atoms with van der Waals surface area (Å²) >= 11 is 1.56. The van der Waals surface area contributed by atoms with Gasteiger partial charge in [-0.3, -0.25) is 9.36 Å². The topological polar surface area (TPSA) is 85.8 Å². The fourth-order valence-corrected chi connectivity index (χ4v) is 2.42. The average Bonchev–Trinajstić information content (AvgIpc) is 2.74. The summed E-state index contributed by atoms with van der Waals surface area (Å²) in [5.74, 6) is 1.36. The Morgan fingerprint density at radius 3 is 3.00 bits per heavy atom. The van der Waals surface area contributed by atoms with Crippen molar-refractivity contribution in [2.75, 3.05) is 11.5 Å². The van der Waals surface area contributed by atoms with Gasteiger partial charge in [0.2, 0.25) is 11.9 Å². The minimum Gasteiger partial charge on any atom is -0.368 e. The molecule has 0 radical (unpaired) electrons. The van der Waals surface area contributed by atoms with Crippen molar-refractivity contribution in [3.63, 3.8) is 0 Å². The number of nitrogens with zero attached hydrogens (tertiary/aromatic N) is 3. The third kappa shape index (κ3) is 2.23. The maximum absolute atomic E-state index is 11.0. The molecule has 2 heterocycles. The van der Waals surface area contributed by atoms with E-state index in [2.05, 4.69) is 15.5 Å². The van der Waals surface area contributed by atoms with Gasteiger partial charge in [0, 0.05) is 25.3 Å². The molecule has 1 atom stereocenters. The third-order valence-corrected chi connectivity index (χ3v) is 3.55. The van der Waals surface area contributed by atoms with E-state index in [-0.39, 0.29) is 11.9 Å². The number of amides is 1. The second kappa shape index (κ2) is 4.09. The Labute approximate surface area is 91.6 Å². The number of aromatic nitrogens is 3. The van der Waals surface area contributed by atoms with Gasteiger partial charge in [0.05, 0.1) is 0 Å². The van der Waals surface area contributed by atoms with E-state index >= 15 is 0 Å². The molecule has 82 valence electrons. The van der Waals surface area contributed by atoms with Gasteiger partial charge in [-0.25, -0.2) is 0 Å². The molecule has 0 spiro atoms. The monoisotopic (exact) mass is 227 g/mol. The third-order valence-electron chi connectivity index (χ3n) is 2.37. The largest absolute Gasteiger partial charge is 0.368 e. The van der Waals surface area contributed by atoms with Crippen LogP contribution >= 0.6 is 11.8 Å². The van der Waals surface area contributed by atoms with Crippen molar-refractivity contribution >= 4 is 23.6 Å². The van der Waals surface area contributed by atoms with Crippen LogP contribution in [0.2, 0.25) is 0 Å². The molecular weight excluding hydrogens is 214 g/mol. The number of hydrogen-bond acceptors (Lipinski definition) is 5. The van der Waals surface area contributed by atoms with Crippen LogP contribution in [-0.2, 0) is 11.8 Å². The Hall–Kier alpha value is -1.24. The average molecular weight is 227 g/mol. The van der Waals surface area contributed by atoms with Crippen LogP contribution in [-0.4, -0.2) is 32.5 Å². The summed E-state index contributed by atoms with van der Waals surface area (Å²) in [5.41, 5.74) is 5.55. The first-order valence-electron chi connectivity index (χ1n) is 4.74. The highest BCUT2D eigenvalue weighted by Crippen LogP contribution is 2.20. The molecule has 1 saturated heterocycles. The molecule has 0 aliphatic carbocycles. The van der Waals surface area contributed by atoms with Crippen molar-refractivity contribution in [1.29, 1.82) is 0 Å². The molecule has 0 aromatic carbocycles. The number of nitrogens with one attached hydrogen (secondary N) is 1. The molecule has 1 aromatic rings. The summed E-state index contributed by atoms with van der Waals surface area (Å²) in [6.45, 7) is 0. The van der Waals surface area contributed by atoms with Crippen molar-refractivity contribution in [2.45, 2.75) is 24.0 Å². The molecule has 2 rings (SSSR count). The number of hydrogen-bond donors (Lipinski definition) is 2. The molecule has 3 N–H and O–H groups in total. The fraction of sp³-hybridized carbons (Fsp3) is 0.625. The molecule has 1 aliphatic rings. The molecule has 1 aromatic heterocycles. The van der Waals surface area contributed by atoms with E-state index in [1.165, 1.54) is 0 Å². The predicted octanol–water partition coefficient (Wildman–Crippen LogP) is -0.232. The molecule has 1 unspecified atom stereocenters. The highest BCUT2D eigenvalue weighted by Gasteiger charge is 2.21. The smallest absolute Gasteiger partial charge is 0.222 e. The maximum Gasteiger partial charge on any atom is 0.222 e. The highest BCUT2D eigenvalue weighted by molar-refractivity contribution is 7.99. The summed E-state index contributed by atoms with van der Waals surface area (Å²) in [4.78, 5) is 11.0. The summed E-state index contributed by atoms with van der Waals surface area (Å²) < 4.78 is 1.74. The lowest BCUT2D eigenvalue weighted by Gasteiger charge is -2.08. The molecule has 0 saturated carbocycles. The van der Waals surface area contributed by atoms with Crippen LogP contribution in [0, 0.1) is 0 Å². The van der Waals surface area contributed by atoms with Crippen LogP contribution in [0.1, 0.15) is 12.8 Å². The number of rotatable bonds is 3. The Morgan fingerprint density at radius 2 is 2.47 bits per heavy atom. The second-order valence-electron chi connectivity index (χ2n) is 3.51. The lowest BCUT2D eigenvalue weighted by atomic mass is 10.2. The van der Waals surface area contributed by atoms with Crippen LogP contribution in [0.3, 0.4) is 0 Å². The molecule has 15 heavy (non-hydrogen) atoms. The van der Waals surface area contributed by atoms with Gasteiger partial charge in [-0.2, -0.15) is 0 Å². The lowest BCUT2D eigenvalue weighted by molar-refractivity contribution is -0.119. The highest BCUT2D eigenvalue weighted by atomic mass is 32.2. The second-order valence-corrected chi connectivity index (χ2v) is 4.50. The zero-order chi connectivity index (χ0) is 10.8. The number of nitrogen functional groups attached to an aromatic ring is 1. The quantitative estimate of drug-likeness (QED) is 0.696. The first-order chi connectivity index (χ1) is 7.16. The molecule has 6 nitrogen and oxygen atoms in total. The standard InChI is InChI=1S/C8H13N5OS/c1-13-7(9)11-12-8(13)15-4-5-2-3-6(14)10-5/h5H,2-4H2,1H3,(H2,9,11)(H,10,14). The van der Waals surface area contributed by atoms with E-state index < -0.39 is 0 Å². The van der Waals surface area contributed by atoms with E-state index in [9.17, 15) is 4.79 Å². The Balaban J connectivity index is 1.88. The van der Waals surface area contributed by atoms with Crippen LogP contribution in [0.5, 0.6) is 0 Å². The number of nitrogens with two attached hydrogens (primary N) is 1. The molecule has 1 amide bonds. The van der Waals surface area contributed by atoms with Gasteiger partial charge in [0.1, 0.15) is 0 Å². The van der Waals surface area contributed by atoms with Gasteiger partial charge in [-0.05, 0) is 6.42 Å². The minimum atomic E-state index is 0.137. The van der Waals surface area contributed by atoms with Crippen LogP contribution in [0.15, 0.2) is 5.16 Å². The Bertz CT molecular complexity index is 377. The minimum absolute atomic E-state index is 0.137. The van der Waals surface area contributed by atoms with Gasteiger partial charge in [-0.15, -0.1) is 10.2 Å². The number of carbonyl (C=O) groups is 1. The zero-order valence-corrected chi connectivity index (χ0v) is 9.25. The molecule has 1 fully saturated rings. The molecule has 0 bridgehead atoms. The first kappa shape index (κ1) is 10.3. The summed E-state index contributed by atoms with van der Waals surface area (Å²) in [5, 5.41) is 11.4.